The number of carbonyl (C=O) groups excluding carboxylic acids is 1. The van der Waals surface area contributed by atoms with Crippen molar-refractivity contribution in [3.8, 4) is 11.1 Å². The average molecular weight is 1010 g/mol. The van der Waals surface area contributed by atoms with Gasteiger partial charge in [-0.05, 0) is 319 Å². The molecule has 0 bridgehead atoms. The highest BCUT2D eigenvalue weighted by molar-refractivity contribution is 6.00. The van der Waals surface area contributed by atoms with E-state index in [1.54, 1.807) is 49.7 Å². The first-order valence-corrected chi connectivity index (χ1v) is 33.5. The highest BCUT2D eigenvalue weighted by Crippen LogP contribution is 3.04. The molecule has 0 saturated heterocycles. The summed E-state index contributed by atoms with van der Waals surface area (Å²) < 4.78 is 6.26. The first kappa shape index (κ1) is 44.8. The molecule has 20 rings (SSSR count). The van der Waals surface area contributed by atoms with Gasteiger partial charge in [-0.3, -0.25) is 4.79 Å². The first-order valence-electron chi connectivity index (χ1n) is 33.5. The summed E-state index contributed by atoms with van der Waals surface area (Å²) >= 11 is 0. The van der Waals surface area contributed by atoms with Gasteiger partial charge < -0.3 is 4.74 Å². The van der Waals surface area contributed by atoms with Crippen LogP contribution >= 0.6 is 0 Å². The van der Waals surface area contributed by atoms with Gasteiger partial charge in [0.15, 0.2) is 0 Å². The third-order valence-electron chi connectivity index (χ3n) is 32.0. The fourth-order valence-corrected chi connectivity index (χ4v) is 32.3. The van der Waals surface area contributed by atoms with E-state index < -0.39 is 0 Å². The number of fused-ring (bicyclic) bond motifs is 1. The zero-order valence-electron chi connectivity index (χ0n) is 47.6. The van der Waals surface area contributed by atoms with Gasteiger partial charge in [0, 0.05) is 17.3 Å². The monoisotopic (exact) mass is 1010 g/mol. The molecule has 0 N–H and O–H groups in total. The van der Waals surface area contributed by atoms with Gasteiger partial charge in [-0.2, -0.15) is 0 Å². The van der Waals surface area contributed by atoms with E-state index in [4.69, 9.17) is 4.74 Å². The van der Waals surface area contributed by atoms with Crippen molar-refractivity contribution < 1.29 is 9.53 Å². The Labute approximate surface area is 456 Å². The predicted molar refractivity (Wildman–Crippen MR) is 301 cm³/mol. The summed E-state index contributed by atoms with van der Waals surface area (Å²) in [6, 6.07) is 20.2. The van der Waals surface area contributed by atoms with Crippen molar-refractivity contribution in [2.45, 2.75) is 156 Å². The number of hydrogen-bond acceptors (Lipinski definition) is 2. The van der Waals surface area contributed by atoms with Crippen molar-refractivity contribution in [3.63, 3.8) is 0 Å². The van der Waals surface area contributed by atoms with Crippen LogP contribution in [-0.2, 0) is 14.9 Å². The summed E-state index contributed by atoms with van der Waals surface area (Å²) in [5.74, 6) is 29.6. The number of ether oxygens (including phenoxy) is 1. The van der Waals surface area contributed by atoms with Gasteiger partial charge in [-0.15, -0.1) is 0 Å². The lowest BCUT2D eigenvalue weighted by atomic mass is 9.43. The van der Waals surface area contributed by atoms with Gasteiger partial charge in [-0.25, -0.2) is 0 Å². The molecule has 34 unspecified atom stereocenters. The fourth-order valence-electron chi connectivity index (χ4n) is 32.3. The Morgan fingerprint density at radius 3 is 1.83 bits per heavy atom. The van der Waals surface area contributed by atoms with E-state index in [9.17, 15) is 4.79 Å². The van der Waals surface area contributed by atoms with Gasteiger partial charge in [0.2, 0.25) is 0 Å². The number of esters is 1. The smallest absolute Gasteiger partial charge is 0.306 e. The molecule has 0 heterocycles. The molecule has 34 atom stereocenters. The number of carbonyl (C=O) groups is 1. The first-order chi connectivity index (χ1) is 37.0. The molecule has 17 aliphatic rings. The van der Waals surface area contributed by atoms with Crippen LogP contribution < -0.4 is 0 Å². The number of allylic oxidation sites excluding steroid dienone is 2. The van der Waals surface area contributed by atoms with Crippen molar-refractivity contribution >= 4 is 16.7 Å². The molecule has 76 heavy (non-hydrogen) atoms. The summed E-state index contributed by atoms with van der Waals surface area (Å²) in [4.78, 5) is 14.3. The Balaban J connectivity index is 0.843. The van der Waals surface area contributed by atoms with Crippen LogP contribution in [0.5, 0.6) is 0 Å². The molecule has 0 aromatic heterocycles. The molecule has 2 heteroatoms. The zero-order chi connectivity index (χ0) is 50.4. The summed E-state index contributed by atoms with van der Waals surface area (Å²) in [6.07, 6.45) is 21.0. The van der Waals surface area contributed by atoms with E-state index in [0.29, 0.717) is 29.6 Å². The standard InChI is InChI=1S/C74H90O2/c1-9-31(3)19-32(4)47-17-16-37-13-11-12-14-48(37)59(47)50-33(5)20-46(21-34(50)6)73(35(7)15-18-49(75)76-36(8)10-2)72-29-44-27-42-25-40-23-38-22-39-24-41-26-43-28-45(30-72)58-54(43)63-56(41)61-52(39)51(38)60-55(40)62-53(42)57(44)70-68-66(62)64(60)65(61)67(63)69(68)71(58)74(70,72)73/h11-14,16-17,20-21,29,31-32,35-36,38-43,45,51-58,60-71H,9-10,15,18-19,22-28,30H2,1-8H3. The van der Waals surface area contributed by atoms with Crippen molar-refractivity contribution in [2.75, 3.05) is 0 Å². The third kappa shape index (κ3) is 4.43. The second-order valence-corrected chi connectivity index (χ2v) is 32.9. The summed E-state index contributed by atoms with van der Waals surface area (Å²) in [6.45, 7) is 19.6. The maximum Gasteiger partial charge on any atom is 0.306 e. The molecule has 17 aliphatic carbocycles. The number of benzene rings is 3. The van der Waals surface area contributed by atoms with Crippen LogP contribution in [0.15, 0.2) is 60.2 Å². The van der Waals surface area contributed by atoms with Crippen LogP contribution in [0, 0.1) is 196 Å². The van der Waals surface area contributed by atoms with E-state index in [0.717, 1.165) is 173 Å². The maximum atomic E-state index is 14.3. The highest BCUT2D eigenvalue weighted by atomic mass is 16.5. The van der Waals surface area contributed by atoms with Gasteiger partial charge >= 0.3 is 5.97 Å². The lowest BCUT2D eigenvalue weighted by molar-refractivity contribution is -0.150. The van der Waals surface area contributed by atoms with Crippen LogP contribution in [0.4, 0.5) is 0 Å². The molecular weight excluding hydrogens is 921 g/mol. The molecule has 0 aliphatic heterocycles. The summed E-state index contributed by atoms with van der Waals surface area (Å²) in [7, 11) is 0. The van der Waals surface area contributed by atoms with E-state index in [-0.39, 0.29) is 22.9 Å². The van der Waals surface area contributed by atoms with Crippen LogP contribution in [0.3, 0.4) is 0 Å². The minimum atomic E-state index is -0.00582. The molecule has 3 aromatic carbocycles. The minimum Gasteiger partial charge on any atom is -0.463 e. The second kappa shape index (κ2) is 14.1. The van der Waals surface area contributed by atoms with Gasteiger partial charge in [0.25, 0.3) is 0 Å². The Kier molecular flexibility index (Phi) is 8.29. The molecule has 398 valence electrons. The van der Waals surface area contributed by atoms with E-state index >= 15 is 0 Å². The number of hydrogen-bond donors (Lipinski definition) is 0. The van der Waals surface area contributed by atoms with E-state index in [2.05, 4.69) is 116 Å². The van der Waals surface area contributed by atoms with E-state index in [1.165, 1.54) is 58.7 Å². The molecule has 0 amide bonds. The minimum absolute atomic E-state index is 0.00582. The van der Waals surface area contributed by atoms with Crippen LogP contribution in [0.1, 0.15) is 153 Å². The highest BCUT2D eigenvalue weighted by Gasteiger charge is 3.01. The fraction of sp³-hybridized carbons (Fsp3) is 0.743. The van der Waals surface area contributed by atoms with Crippen LogP contribution in [0.25, 0.3) is 21.9 Å². The molecule has 3 aromatic rings. The lowest BCUT2D eigenvalue weighted by Gasteiger charge is -2.62. The summed E-state index contributed by atoms with van der Waals surface area (Å²) in [5, 5.41) is 2.82. The Hall–Kier alpha value is -2.87. The average Bonchev–Trinajstić information content (AvgIpc) is 3.02. The second-order valence-electron chi connectivity index (χ2n) is 32.9. The van der Waals surface area contributed by atoms with Gasteiger partial charge in [0.1, 0.15) is 0 Å². The Morgan fingerprint density at radius 1 is 0.605 bits per heavy atom. The molecule has 1 spiro atoms. The van der Waals surface area contributed by atoms with Crippen molar-refractivity contribution in [3.05, 3.63) is 82.4 Å². The van der Waals surface area contributed by atoms with Crippen LogP contribution in [-0.4, -0.2) is 12.1 Å². The Bertz CT molecular complexity index is 3140. The number of aryl methyl sites for hydroxylation is 2. The quantitative estimate of drug-likeness (QED) is 0.133. The maximum absolute atomic E-state index is 14.3. The van der Waals surface area contributed by atoms with Crippen LogP contribution in [0.2, 0.25) is 0 Å². The van der Waals surface area contributed by atoms with Crippen molar-refractivity contribution in [1.29, 1.82) is 0 Å². The molecular formula is C74H90O2. The number of rotatable bonds is 12. The van der Waals surface area contributed by atoms with Gasteiger partial charge in [-0.1, -0.05) is 101 Å². The Morgan fingerprint density at radius 2 is 1.17 bits per heavy atom. The zero-order valence-corrected chi connectivity index (χ0v) is 47.6. The molecule has 16 saturated carbocycles. The predicted octanol–water partition coefficient (Wildman–Crippen LogP) is 16.5. The normalized spacial score (nSPS) is 56.2. The third-order valence-corrected chi connectivity index (χ3v) is 32.0. The summed E-state index contributed by atoms with van der Waals surface area (Å²) in [5.41, 5.74) is 12.0. The van der Waals surface area contributed by atoms with Gasteiger partial charge in [0.05, 0.1) is 6.10 Å². The lowest BCUT2D eigenvalue weighted by Crippen LogP contribution is -2.58. The topological polar surface area (TPSA) is 26.3 Å². The molecule has 0 radical (unpaired) electrons. The van der Waals surface area contributed by atoms with E-state index in [1.807, 2.05) is 0 Å². The molecule has 2 nitrogen and oxygen atoms in total. The SMILES string of the molecule is CCC(C)CC(C)c1ccc2ccccc2c1-c1c(C)cc(C2(C(C)CCC(=O)OC(C)CC)C34C=C5CC6CC7CC8CC9CC%10CC%11CC(C3)C3C%11C%11C%10C%10C9C8C8C7C7C6C5C5C6C7C8C%10C%11C6C3C542)cc1C. The van der Waals surface area contributed by atoms with Crippen molar-refractivity contribution in [2.24, 2.45) is 182 Å². The van der Waals surface area contributed by atoms with Crippen molar-refractivity contribution in [1.82, 2.24) is 0 Å². The largest absolute Gasteiger partial charge is 0.463 e. The molecule has 16 fully saturated rings.